The number of hydrogen-bond acceptors (Lipinski definition) is 5. The molecule has 112 valence electrons. The van der Waals surface area contributed by atoms with E-state index in [1.165, 1.54) is 0 Å². The fraction of sp³-hybridized carbons (Fsp3) is 0.417. The molecule has 0 spiro atoms. The minimum Gasteiger partial charge on any atom is -0.486 e. The second-order valence-corrected chi connectivity index (χ2v) is 7.56. The maximum absolute atomic E-state index is 12.0. The Morgan fingerprint density at radius 3 is 2.35 bits per heavy atom. The lowest BCUT2D eigenvalue weighted by atomic mass is 10.3. The molecule has 0 radical (unpaired) electrons. The van der Waals surface area contributed by atoms with Gasteiger partial charge in [0.1, 0.15) is 12.4 Å². The van der Waals surface area contributed by atoms with Crippen LogP contribution in [0.1, 0.15) is 20.8 Å². The molecule has 0 heterocycles. The number of rotatable bonds is 5. The highest BCUT2D eigenvalue weighted by atomic mass is 32.2. The third-order valence-corrected chi connectivity index (χ3v) is 4.54. The number of sulfonamides is 1. The lowest BCUT2D eigenvalue weighted by Gasteiger charge is -2.20. The zero-order valence-corrected chi connectivity index (χ0v) is 12.4. The maximum atomic E-state index is 12.0. The van der Waals surface area contributed by atoms with Crippen molar-refractivity contribution in [1.82, 2.24) is 0 Å². The molecule has 4 N–H and O–H groups in total. The number of nitrogens with zero attached hydrogens (tertiary/aromatic N) is 1. The molecule has 0 saturated heterocycles. The summed E-state index contributed by atoms with van der Waals surface area (Å²) >= 11 is 0. The zero-order chi connectivity index (χ0) is 15.4. The molecule has 0 unspecified atom stereocenters. The van der Waals surface area contributed by atoms with Gasteiger partial charge in [-0.25, -0.2) is 8.42 Å². The Morgan fingerprint density at radius 1 is 1.35 bits per heavy atom. The lowest BCUT2D eigenvalue weighted by molar-refractivity contribution is 0.306. The van der Waals surface area contributed by atoms with Crippen molar-refractivity contribution in [2.45, 2.75) is 25.5 Å². The van der Waals surface area contributed by atoms with E-state index in [1.54, 1.807) is 45.0 Å². The van der Waals surface area contributed by atoms with Crippen LogP contribution in [0.15, 0.2) is 29.4 Å². The summed E-state index contributed by atoms with van der Waals surface area (Å²) in [6.07, 6.45) is 0. The lowest BCUT2D eigenvalue weighted by Crippen LogP contribution is -2.33. The molecule has 0 atom stereocenters. The molecule has 8 heteroatoms. The Morgan fingerprint density at radius 2 is 1.90 bits per heavy atom. The van der Waals surface area contributed by atoms with E-state index in [0.29, 0.717) is 11.4 Å². The van der Waals surface area contributed by atoms with Gasteiger partial charge in [0.2, 0.25) is 10.0 Å². The van der Waals surface area contributed by atoms with Crippen LogP contribution in [-0.4, -0.2) is 30.8 Å². The third-order valence-electron chi connectivity index (χ3n) is 2.43. The van der Waals surface area contributed by atoms with Crippen LogP contribution in [0.5, 0.6) is 5.75 Å². The molecule has 1 aromatic rings. The van der Waals surface area contributed by atoms with E-state index >= 15 is 0 Å². The molecule has 0 aliphatic rings. The second-order valence-electron chi connectivity index (χ2n) is 5.12. The van der Waals surface area contributed by atoms with E-state index in [1.807, 2.05) is 0 Å². The van der Waals surface area contributed by atoms with Crippen molar-refractivity contribution in [3.8, 4) is 5.75 Å². The number of benzene rings is 1. The minimum absolute atomic E-state index is 0.0520. The van der Waals surface area contributed by atoms with Gasteiger partial charge in [0, 0.05) is 5.69 Å². The zero-order valence-electron chi connectivity index (χ0n) is 11.6. The fourth-order valence-corrected chi connectivity index (χ4v) is 1.87. The van der Waals surface area contributed by atoms with Crippen LogP contribution in [0.4, 0.5) is 5.69 Å². The third kappa shape index (κ3) is 4.30. The van der Waals surface area contributed by atoms with Gasteiger partial charge in [0.25, 0.3) is 0 Å². The first kappa shape index (κ1) is 16.1. The normalized spacial score (nSPS) is 13.1. The molecule has 0 aliphatic carbocycles. The summed E-state index contributed by atoms with van der Waals surface area (Å²) in [4.78, 5) is 0. The Kier molecular flexibility index (Phi) is 4.83. The topological polar surface area (TPSA) is 114 Å². The van der Waals surface area contributed by atoms with Gasteiger partial charge >= 0.3 is 0 Å². The number of nitrogens with one attached hydrogen (secondary N) is 1. The molecule has 1 rings (SSSR count). The number of oxime groups is 1. The number of ether oxygens (including phenoxy) is 1. The SMILES string of the molecule is CC(C)(C)S(=O)(=O)Nc1ccc(OCC(N)=NO)cc1. The van der Waals surface area contributed by atoms with Crippen LogP contribution in [0.2, 0.25) is 0 Å². The van der Waals surface area contributed by atoms with E-state index in [4.69, 9.17) is 15.7 Å². The molecule has 0 amide bonds. The van der Waals surface area contributed by atoms with Gasteiger partial charge in [-0.05, 0) is 45.0 Å². The van der Waals surface area contributed by atoms with E-state index < -0.39 is 14.8 Å². The minimum atomic E-state index is -3.46. The summed E-state index contributed by atoms with van der Waals surface area (Å²) < 4.78 is 30.7. The predicted octanol–water partition coefficient (Wildman–Crippen LogP) is 1.35. The van der Waals surface area contributed by atoms with Crippen molar-refractivity contribution >= 4 is 21.5 Å². The van der Waals surface area contributed by atoms with Gasteiger partial charge < -0.3 is 15.7 Å². The largest absolute Gasteiger partial charge is 0.486 e. The predicted molar refractivity (Wildman–Crippen MR) is 77.6 cm³/mol. The fourth-order valence-electron chi connectivity index (χ4n) is 1.11. The average molecular weight is 301 g/mol. The molecule has 20 heavy (non-hydrogen) atoms. The molecule has 0 fully saturated rings. The second kappa shape index (κ2) is 6.00. The summed E-state index contributed by atoms with van der Waals surface area (Å²) in [5, 5.41) is 11.1. The standard InChI is InChI=1S/C12H19N3O4S/c1-12(2,3)20(17,18)15-9-4-6-10(7-5-9)19-8-11(13)14-16/h4-7,15-16H,8H2,1-3H3,(H2,13,14). The van der Waals surface area contributed by atoms with E-state index in [0.717, 1.165) is 0 Å². The first-order valence-corrected chi connectivity index (χ1v) is 7.35. The summed E-state index contributed by atoms with van der Waals surface area (Å²) in [5.74, 6) is 0.429. The summed E-state index contributed by atoms with van der Waals surface area (Å²) in [5.41, 5.74) is 5.71. The number of anilines is 1. The van der Waals surface area contributed by atoms with Gasteiger partial charge in [-0.3, -0.25) is 4.72 Å². The van der Waals surface area contributed by atoms with Crippen molar-refractivity contribution in [1.29, 1.82) is 0 Å². The number of amidine groups is 1. The van der Waals surface area contributed by atoms with Gasteiger partial charge in [0.05, 0.1) is 4.75 Å². The van der Waals surface area contributed by atoms with Crippen molar-refractivity contribution in [2.75, 3.05) is 11.3 Å². The van der Waals surface area contributed by atoms with Crippen LogP contribution in [-0.2, 0) is 10.0 Å². The molecular weight excluding hydrogens is 282 g/mol. The number of nitrogens with two attached hydrogens (primary N) is 1. The van der Waals surface area contributed by atoms with Crippen molar-refractivity contribution in [3.63, 3.8) is 0 Å². The van der Waals surface area contributed by atoms with Gasteiger partial charge in [-0.2, -0.15) is 0 Å². The molecular formula is C12H19N3O4S. The first-order valence-electron chi connectivity index (χ1n) is 5.87. The van der Waals surface area contributed by atoms with Crippen molar-refractivity contribution < 1.29 is 18.4 Å². The Hall–Kier alpha value is -1.96. The average Bonchev–Trinajstić information content (AvgIpc) is 2.35. The monoisotopic (exact) mass is 301 g/mol. The van der Waals surface area contributed by atoms with Gasteiger partial charge in [0.15, 0.2) is 5.84 Å². The molecule has 0 bridgehead atoms. The van der Waals surface area contributed by atoms with Crippen molar-refractivity contribution in [3.05, 3.63) is 24.3 Å². The molecule has 1 aromatic carbocycles. The molecule has 0 aromatic heterocycles. The smallest absolute Gasteiger partial charge is 0.237 e. The van der Waals surface area contributed by atoms with E-state index in [2.05, 4.69) is 9.88 Å². The van der Waals surface area contributed by atoms with Crippen LogP contribution in [0.25, 0.3) is 0 Å². The van der Waals surface area contributed by atoms with Crippen molar-refractivity contribution in [2.24, 2.45) is 10.9 Å². The Balaban J connectivity index is 2.73. The van der Waals surface area contributed by atoms with Crippen LogP contribution in [0.3, 0.4) is 0 Å². The van der Waals surface area contributed by atoms with E-state index in [-0.39, 0.29) is 12.4 Å². The molecule has 0 saturated carbocycles. The summed E-state index contributed by atoms with van der Waals surface area (Å²) in [6, 6.07) is 6.33. The highest BCUT2D eigenvalue weighted by Crippen LogP contribution is 2.21. The Labute approximate surface area is 118 Å². The highest BCUT2D eigenvalue weighted by Gasteiger charge is 2.28. The van der Waals surface area contributed by atoms with Crippen LogP contribution in [0, 0.1) is 0 Å². The highest BCUT2D eigenvalue weighted by molar-refractivity contribution is 7.94. The molecule has 7 nitrogen and oxygen atoms in total. The first-order chi connectivity index (χ1) is 9.15. The quantitative estimate of drug-likeness (QED) is 0.329. The summed E-state index contributed by atoms with van der Waals surface area (Å²) in [7, 11) is -3.46. The summed E-state index contributed by atoms with van der Waals surface area (Å²) in [6.45, 7) is 4.79. The van der Waals surface area contributed by atoms with Gasteiger partial charge in [-0.1, -0.05) is 5.16 Å². The Bertz CT molecular complexity index is 574. The van der Waals surface area contributed by atoms with Crippen LogP contribution >= 0.6 is 0 Å². The number of hydrogen-bond donors (Lipinski definition) is 3. The molecule has 0 aliphatic heterocycles. The van der Waals surface area contributed by atoms with E-state index in [9.17, 15) is 8.42 Å². The maximum Gasteiger partial charge on any atom is 0.237 e. The van der Waals surface area contributed by atoms with Gasteiger partial charge in [-0.15, -0.1) is 0 Å². The van der Waals surface area contributed by atoms with Crippen LogP contribution < -0.4 is 15.2 Å².